The maximum atomic E-state index is 12.8. The van der Waals surface area contributed by atoms with Crippen LogP contribution >= 0.6 is 0 Å². The minimum Gasteiger partial charge on any atom is -0.507 e. The van der Waals surface area contributed by atoms with Gasteiger partial charge in [0.25, 0.3) is 0 Å². The fourth-order valence-corrected chi connectivity index (χ4v) is 4.55. The zero-order valence-corrected chi connectivity index (χ0v) is 14.5. The number of rotatable bonds is 1. The highest BCUT2D eigenvalue weighted by molar-refractivity contribution is 6.12. The molecule has 0 fully saturated rings. The van der Waals surface area contributed by atoms with Crippen LogP contribution in [0.4, 0.5) is 0 Å². The number of fused-ring (bicyclic) bond motifs is 4. The van der Waals surface area contributed by atoms with Crippen LogP contribution in [0, 0.1) is 0 Å². The highest BCUT2D eigenvalue weighted by Crippen LogP contribution is 2.58. The largest absolute Gasteiger partial charge is 0.507 e. The highest BCUT2D eigenvalue weighted by Gasteiger charge is 2.47. The predicted octanol–water partition coefficient (Wildman–Crippen LogP) is 3.11. The van der Waals surface area contributed by atoms with E-state index in [9.17, 15) is 19.8 Å². The van der Waals surface area contributed by atoms with Gasteiger partial charge in [-0.05, 0) is 49.5 Å². The molecular formula is C20H20O5. The Morgan fingerprint density at radius 2 is 2.04 bits per heavy atom. The number of aromatic hydroxyl groups is 2. The number of aldehydes is 1. The van der Waals surface area contributed by atoms with Gasteiger partial charge in [-0.25, -0.2) is 0 Å². The number of benzene rings is 1. The number of carbonyl (C=O) groups excluding carboxylic acids is 2. The Bertz CT molecular complexity index is 905. The van der Waals surface area contributed by atoms with Crippen molar-refractivity contribution in [2.75, 3.05) is 0 Å². The Morgan fingerprint density at radius 1 is 1.32 bits per heavy atom. The summed E-state index contributed by atoms with van der Waals surface area (Å²) >= 11 is 0. The van der Waals surface area contributed by atoms with Crippen LogP contribution in [0.5, 0.6) is 17.2 Å². The van der Waals surface area contributed by atoms with Crippen LogP contribution in [0.25, 0.3) is 0 Å². The van der Waals surface area contributed by atoms with Gasteiger partial charge in [0.05, 0.1) is 5.56 Å². The van der Waals surface area contributed by atoms with Crippen LogP contribution in [-0.4, -0.2) is 28.4 Å². The molecule has 3 aliphatic rings. The van der Waals surface area contributed by atoms with Gasteiger partial charge < -0.3 is 14.9 Å². The van der Waals surface area contributed by atoms with Crippen molar-refractivity contribution in [3.05, 3.63) is 39.5 Å². The van der Waals surface area contributed by atoms with Crippen molar-refractivity contribution in [3.63, 3.8) is 0 Å². The molecule has 0 saturated carbocycles. The molecule has 0 spiro atoms. The van der Waals surface area contributed by atoms with E-state index in [1.807, 2.05) is 20.8 Å². The Balaban J connectivity index is 2.05. The van der Waals surface area contributed by atoms with Gasteiger partial charge in [0, 0.05) is 23.0 Å². The molecule has 0 amide bonds. The summed E-state index contributed by atoms with van der Waals surface area (Å²) in [5.41, 5.74) is 2.62. The minimum absolute atomic E-state index is 0.0593. The predicted molar refractivity (Wildman–Crippen MR) is 91.3 cm³/mol. The molecule has 5 heteroatoms. The van der Waals surface area contributed by atoms with E-state index in [2.05, 4.69) is 0 Å². The number of hydrogen-bond acceptors (Lipinski definition) is 5. The van der Waals surface area contributed by atoms with Crippen molar-refractivity contribution in [3.8, 4) is 17.2 Å². The zero-order valence-electron chi connectivity index (χ0n) is 14.5. The smallest absolute Gasteiger partial charge is 0.190 e. The molecule has 2 N–H and O–H groups in total. The topological polar surface area (TPSA) is 83.8 Å². The lowest BCUT2D eigenvalue weighted by Crippen LogP contribution is -2.35. The van der Waals surface area contributed by atoms with Crippen LogP contribution in [0.1, 0.15) is 55.1 Å². The van der Waals surface area contributed by atoms with Crippen molar-refractivity contribution in [1.29, 1.82) is 0 Å². The number of phenols is 2. The Morgan fingerprint density at radius 3 is 2.72 bits per heavy atom. The maximum absolute atomic E-state index is 12.8. The number of carbonyl (C=O) groups is 2. The molecule has 1 heterocycles. The Labute approximate surface area is 145 Å². The monoisotopic (exact) mass is 340 g/mol. The van der Waals surface area contributed by atoms with Gasteiger partial charge in [-0.15, -0.1) is 0 Å². The number of phenolic OH excluding ortho intramolecular Hbond substituents is 2. The van der Waals surface area contributed by atoms with Gasteiger partial charge in [-0.1, -0.05) is 6.92 Å². The molecule has 2 unspecified atom stereocenters. The minimum atomic E-state index is -0.647. The van der Waals surface area contributed by atoms with E-state index in [0.717, 1.165) is 17.4 Å². The van der Waals surface area contributed by atoms with Crippen LogP contribution in [0.2, 0.25) is 0 Å². The van der Waals surface area contributed by atoms with Gasteiger partial charge in [-0.3, -0.25) is 9.59 Å². The quantitative estimate of drug-likeness (QED) is 0.606. The fourth-order valence-electron chi connectivity index (χ4n) is 4.55. The van der Waals surface area contributed by atoms with Crippen molar-refractivity contribution >= 4 is 12.1 Å². The van der Waals surface area contributed by atoms with Crippen LogP contribution in [-0.2, 0) is 16.6 Å². The average Bonchev–Trinajstić information content (AvgIpc) is 2.96. The molecule has 2 atom stereocenters. The molecule has 0 radical (unpaired) electrons. The summed E-state index contributed by atoms with van der Waals surface area (Å²) in [4.78, 5) is 24.1. The summed E-state index contributed by atoms with van der Waals surface area (Å²) in [5.74, 6) is -0.210. The fraction of sp³-hybridized carbons (Fsp3) is 0.400. The molecule has 5 nitrogen and oxygen atoms in total. The molecule has 1 aliphatic heterocycles. The second-order valence-electron chi connectivity index (χ2n) is 7.41. The molecule has 25 heavy (non-hydrogen) atoms. The van der Waals surface area contributed by atoms with E-state index in [0.29, 0.717) is 36.0 Å². The number of hydrogen-bond donors (Lipinski definition) is 2. The second kappa shape index (κ2) is 4.97. The molecular weight excluding hydrogens is 320 g/mol. The molecule has 0 saturated heterocycles. The first-order valence-corrected chi connectivity index (χ1v) is 8.49. The van der Waals surface area contributed by atoms with Crippen LogP contribution in [0.15, 0.2) is 22.8 Å². The SMILES string of the molecule is CC1=C(C=O)CCC2(C)C1=CC(=O)c1c(O)c3c(c(O)c12)OC(C)C3. The molecule has 0 bridgehead atoms. The number of allylic oxidation sites excluding steroid dienone is 4. The van der Waals surface area contributed by atoms with E-state index in [1.165, 1.54) is 6.08 Å². The number of ether oxygens (including phenoxy) is 1. The third-order valence-corrected chi connectivity index (χ3v) is 5.90. The highest BCUT2D eigenvalue weighted by atomic mass is 16.5. The summed E-state index contributed by atoms with van der Waals surface area (Å²) in [7, 11) is 0. The normalized spacial score (nSPS) is 27.2. The van der Waals surface area contributed by atoms with Gasteiger partial charge >= 0.3 is 0 Å². The second-order valence-corrected chi connectivity index (χ2v) is 7.41. The first-order chi connectivity index (χ1) is 11.8. The van der Waals surface area contributed by atoms with Gasteiger partial charge in [0.2, 0.25) is 0 Å². The summed E-state index contributed by atoms with van der Waals surface area (Å²) in [6.45, 7) is 5.63. The summed E-state index contributed by atoms with van der Waals surface area (Å²) in [6, 6.07) is 0. The lowest BCUT2D eigenvalue weighted by molar-refractivity contribution is -0.105. The molecule has 1 aromatic carbocycles. The standard InChI is InChI=1S/C20H20O5/c1-9-6-12-17(23)15-14(22)7-13-10(2)11(8-21)4-5-20(13,3)16(15)18(24)19(12)25-9/h7-9,23-24H,4-6H2,1-3H3. The van der Waals surface area contributed by atoms with Crippen molar-refractivity contribution < 1.29 is 24.5 Å². The van der Waals surface area contributed by atoms with Gasteiger partial charge in [0.15, 0.2) is 17.3 Å². The lowest BCUT2D eigenvalue weighted by Gasteiger charge is -2.41. The molecule has 4 rings (SSSR count). The van der Waals surface area contributed by atoms with E-state index in [4.69, 9.17) is 4.74 Å². The van der Waals surface area contributed by atoms with Crippen LogP contribution in [0.3, 0.4) is 0 Å². The Hall–Kier alpha value is -2.56. The third kappa shape index (κ3) is 1.89. The summed E-state index contributed by atoms with van der Waals surface area (Å²) < 4.78 is 5.70. The first kappa shape index (κ1) is 15.9. The summed E-state index contributed by atoms with van der Waals surface area (Å²) in [6.07, 6.45) is 3.76. The average molecular weight is 340 g/mol. The molecule has 1 aromatic rings. The molecule has 130 valence electrons. The summed E-state index contributed by atoms with van der Waals surface area (Å²) in [5, 5.41) is 21.7. The number of ketones is 1. The van der Waals surface area contributed by atoms with Crippen molar-refractivity contribution in [2.45, 2.75) is 51.6 Å². The van der Waals surface area contributed by atoms with E-state index in [-0.39, 0.29) is 34.7 Å². The van der Waals surface area contributed by atoms with E-state index in [1.54, 1.807) is 0 Å². The van der Waals surface area contributed by atoms with Crippen molar-refractivity contribution in [1.82, 2.24) is 0 Å². The third-order valence-electron chi connectivity index (χ3n) is 5.90. The first-order valence-electron chi connectivity index (χ1n) is 8.49. The van der Waals surface area contributed by atoms with E-state index >= 15 is 0 Å². The molecule has 2 aliphatic carbocycles. The van der Waals surface area contributed by atoms with E-state index < -0.39 is 5.41 Å². The zero-order chi connectivity index (χ0) is 18.1. The van der Waals surface area contributed by atoms with Crippen molar-refractivity contribution in [2.24, 2.45) is 0 Å². The van der Waals surface area contributed by atoms with Crippen LogP contribution < -0.4 is 4.74 Å². The van der Waals surface area contributed by atoms with Gasteiger partial charge in [-0.2, -0.15) is 0 Å². The Kier molecular flexibility index (Phi) is 3.17. The van der Waals surface area contributed by atoms with Gasteiger partial charge in [0.1, 0.15) is 18.1 Å². The lowest BCUT2D eigenvalue weighted by atomic mass is 9.61. The molecule has 0 aromatic heterocycles. The maximum Gasteiger partial charge on any atom is 0.190 e.